The number of aromatic nitrogens is 4. The Balaban J connectivity index is 2.00. The fraction of sp³-hybridized carbons (Fsp3) is 0.364. The normalized spacial score (nSPS) is 10.3. The van der Waals surface area contributed by atoms with Crippen LogP contribution in [0.3, 0.4) is 0 Å². The lowest BCUT2D eigenvalue weighted by molar-refractivity contribution is 0.0932. The van der Waals surface area contributed by atoms with E-state index in [4.69, 9.17) is 4.52 Å². The zero-order valence-corrected chi connectivity index (χ0v) is 11.3. The van der Waals surface area contributed by atoms with Crippen LogP contribution in [0.25, 0.3) is 0 Å². The minimum Gasteiger partial charge on any atom is -0.352 e. The second-order valence-electron chi connectivity index (χ2n) is 4.06. The van der Waals surface area contributed by atoms with Crippen LogP contribution >= 0.6 is 0 Å². The van der Waals surface area contributed by atoms with Gasteiger partial charge in [-0.3, -0.25) is 9.59 Å². The van der Waals surface area contributed by atoms with E-state index in [1.807, 2.05) is 0 Å². The van der Waals surface area contributed by atoms with Crippen molar-refractivity contribution in [3.63, 3.8) is 0 Å². The molecule has 0 aliphatic heterocycles. The van der Waals surface area contributed by atoms with Crippen LogP contribution in [0.15, 0.2) is 10.9 Å². The number of carbonyl (C=O) groups excluding carboxylic acids is 2. The lowest BCUT2D eigenvalue weighted by Crippen LogP contribution is -2.26. The maximum absolute atomic E-state index is 12.0. The number of amides is 2. The zero-order valence-electron chi connectivity index (χ0n) is 11.3. The Morgan fingerprint density at radius 1 is 1.40 bits per heavy atom. The van der Waals surface area contributed by atoms with Crippen LogP contribution in [-0.2, 0) is 13.6 Å². The molecule has 2 amide bonds. The molecule has 0 radical (unpaired) electrons. The molecule has 0 aliphatic carbocycles. The van der Waals surface area contributed by atoms with Gasteiger partial charge in [-0.25, -0.2) is 4.98 Å². The van der Waals surface area contributed by atoms with Crippen LogP contribution in [-0.4, -0.2) is 38.6 Å². The Kier molecular flexibility index (Phi) is 3.78. The van der Waals surface area contributed by atoms with Crippen molar-refractivity contribution >= 4 is 11.8 Å². The first-order chi connectivity index (χ1) is 9.52. The molecule has 2 aromatic rings. The summed E-state index contributed by atoms with van der Waals surface area (Å²) in [7, 11) is 3.19. The molecule has 9 nitrogen and oxygen atoms in total. The zero-order chi connectivity index (χ0) is 14.7. The van der Waals surface area contributed by atoms with Gasteiger partial charge in [0.2, 0.25) is 5.89 Å². The van der Waals surface area contributed by atoms with Crippen molar-refractivity contribution in [1.82, 2.24) is 30.3 Å². The predicted molar refractivity (Wildman–Crippen MR) is 66.8 cm³/mol. The van der Waals surface area contributed by atoms with E-state index in [-0.39, 0.29) is 24.2 Å². The number of carbonyl (C=O) groups is 2. The van der Waals surface area contributed by atoms with Crippen molar-refractivity contribution in [3.8, 4) is 0 Å². The van der Waals surface area contributed by atoms with E-state index in [1.165, 1.54) is 7.05 Å². The summed E-state index contributed by atoms with van der Waals surface area (Å²) in [6.45, 7) is 1.78. The molecule has 0 fully saturated rings. The maximum atomic E-state index is 12.0. The van der Waals surface area contributed by atoms with Gasteiger partial charge < -0.3 is 19.7 Å². The average molecular weight is 278 g/mol. The highest BCUT2D eigenvalue weighted by Gasteiger charge is 2.16. The Hall–Kier alpha value is -2.71. The molecule has 9 heteroatoms. The summed E-state index contributed by atoms with van der Waals surface area (Å²) in [6, 6.07) is 0. The largest absolute Gasteiger partial charge is 0.352 e. The SMILES string of the molecule is CNC(=O)c1noc(CNC(=O)c2c(C)ncn2C)n1. The molecule has 0 spiro atoms. The van der Waals surface area contributed by atoms with Gasteiger partial charge in [-0.05, 0) is 6.92 Å². The molecule has 20 heavy (non-hydrogen) atoms. The molecule has 106 valence electrons. The molecule has 0 atom stereocenters. The predicted octanol–water partition coefficient (Wildman–Crippen LogP) is -0.599. The van der Waals surface area contributed by atoms with Gasteiger partial charge in [-0.2, -0.15) is 4.98 Å². The minimum atomic E-state index is -0.450. The van der Waals surface area contributed by atoms with Gasteiger partial charge in [0, 0.05) is 14.1 Å². The fourth-order valence-corrected chi connectivity index (χ4v) is 1.64. The first kappa shape index (κ1) is 13.7. The van der Waals surface area contributed by atoms with Crippen molar-refractivity contribution in [1.29, 1.82) is 0 Å². The van der Waals surface area contributed by atoms with Gasteiger partial charge >= 0.3 is 0 Å². The quantitative estimate of drug-likeness (QED) is 0.771. The third kappa shape index (κ3) is 2.66. The third-order valence-corrected chi connectivity index (χ3v) is 2.63. The summed E-state index contributed by atoms with van der Waals surface area (Å²) in [5.41, 5.74) is 1.08. The van der Waals surface area contributed by atoms with E-state index in [2.05, 4.69) is 25.8 Å². The van der Waals surface area contributed by atoms with Gasteiger partial charge in [-0.1, -0.05) is 5.16 Å². The summed E-state index contributed by atoms with van der Waals surface area (Å²) >= 11 is 0. The van der Waals surface area contributed by atoms with Crippen molar-refractivity contribution in [3.05, 3.63) is 29.4 Å². The molecular weight excluding hydrogens is 264 g/mol. The van der Waals surface area contributed by atoms with Crippen molar-refractivity contribution in [2.24, 2.45) is 7.05 Å². The van der Waals surface area contributed by atoms with Crippen LogP contribution in [0.1, 0.15) is 32.7 Å². The Bertz CT molecular complexity index is 625. The summed E-state index contributed by atoms with van der Waals surface area (Å²) in [5, 5.41) is 8.50. The molecule has 0 saturated carbocycles. The number of imidazole rings is 1. The standard InChI is InChI=1S/C11H14N6O3/c1-6-8(17(3)5-14-6)10(18)13-4-7-15-9(16-20-7)11(19)12-2/h5H,4H2,1-3H3,(H,12,19)(H,13,18). The average Bonchev–Trinajstić information content (AvgIpc) is 3.02. The van der Waals surface area contributed by atoms with E-state index in [9.17, 15) is 9.59 Å². The van der Waals surface area contributed by atoms with E-state index >= 15 is 0 Å². The van der Waals surface area contributed by atoms with E-state index in [0.29, 0.717) is 11.4 Å². The Labute approximate surface area is 114 Å². The third-order valence-electron chi connectivity index (χ3n) is 2.63. The Morgan fingerprint density at radius 3 is 2.75 bits per heavy atom. The molecule has 0 saturated heterocycles. The second kappa shape index (κ2) is 5.51. The van der Waals surface area contributed by atoms with Gasteiger partial charge in [0.25, 0.3) is 17.6 Å². The molecule has 2 aromatic heterocycles. The van der Waals surface area contributed by atoms with Crippen LogP contribution < -0.4 is 10.6 Å². The molecule has 2 heterocycles. The molecule has 2 N–H and O–H groups in total. The first-order valence-corrected chi connectivity index (χ1v) is 5.83. The minimum absolute atomic E-state index is 0.0352. The number of nitrogens with zero attached hydrogens (tertiary/aromatic N) is 4. The topological polar surface area (TPSA) is 115 Å². The number of nitrogens with one attached hydrogen (secondary N) is 2. The van der Waals surface area contributed by atoms with Crippen molar-refractivity contribution in [2.45, 2.75) is 13.5 Å². The smallest absolute Gasteiger partial charge is 0.292 e. The molecule has 0 unspecified atom stereocenters. The number of rotatable bonds is 4. The summed E-state index contributed by atoms with van der Waals surface area (Å²) in [5.74, 6) is -0.679. The van der Waals surface area contributed by atoms with Crippen LogP contribution in [0.4, 0.5) is 0 Å². The number of aryl methyl sites for hydroxylation is 2. The highest BCUT2D eigenvalue weighted by molar-refractivity contribution is 5.93. The number of hydrogen-bond acceptors (Lipinski definition) is 6. The molecule has 0 aromatic carbocycles. The molecule has 0 aliphatic rings. The fourth-order valence-electron chi connectivity index (χ4n) is 1.64. The highest BCUT2D eigenvalue weighted by Crippen LogP contribution is 2.05. The molecular formula is C11H14N6O3. The summed E-state index contributed by atoms with van der Waals surface area (Å²) in [4.78, 5) is 31.1. The molecule has 2 rings (SSSR count). The van der Waals surface area contributed by atoms with E-state index in [0.717, 1.165) is 0 Å². The van der Waals surface area contributed by atoms with Crippen LogP contribution in [0.5, 0.6) is 0 Å². The Morgan fingerprint density at radius 2 is 2.15 bits per heavy atom. The maximum Gasteiger partial charge on any atom is 0.292 e. The van der Waals surface area contributed by atoms with Gasteiger partial charge in [0.15, 0.2) is 0 Å². The number of hydrogen-bond donors (Lipinski definition) is 2. The van der Waals surface area contributed by atoms with Gasteiger partial charge in [0.05, 0.1) is 18.6 Å². The van der Waals surface area contributed by atoms with Gasteiger partial charge in [0.1, 0.15) is 5.69 Å². The van der Waals surface area contributed by atoms with Crippen LogP contribution in [0.2, 0.25) is 0 Å². The second-order valence-corrected chi connectivity index (χ2v) is 4.06. The lowest BCUT2D eigenvalue weighted by atomic mass is 10.3. The monoisotopic (exact) mass is 278 g/mol. The van der Waals surface area contributed by atoms with E-state index in [1.54, 1.807) is 24.9 Å². The molecule has 0 bridgehead atoms. The van der Waals surface area contributed by atoms with E-state index < -0.39 is 5.91 Å². The first-order valence-electron chi connectivity index (χ1n) is 5.83. The summed E-state index contributed by atoms with van der Waals surface area (Å²) < 4.78 is 6.48. The van der Waals surface area contributed by atoms with Crippen molar-refractivity contribution in [2.75, 3.05) is 7.05 Å². The lowest BCUT2D eigenvalue weighted by Gasteiger charge is -2.03. The highest BCUT2D eigenvalue weighted by atomic mass is 16.5. The van der Waals surface area contributed by atoms with Gasteiger partial charge in [-0.15, -0.1) is 0 Å². The summed E-state index contributed by atoms with van der Waals surface area (Å²) in [6.07, 6.45) is 1.56. The van der Waals surface area contributed by atoms with Crippen LogP contribution in [0, 0.1) is 6.92 Å². The van der Waals surface area contributed by atoms with Crippen molar-refractivity contribution < 1.29 is 14.1 Å².